The van der Waals surface area contributed by atoms with Crippen molar-refractivity contribution < 1.29 is 4.79 Å². The molecule has 0 unspecified atom stereocenters. The van der Waals surface area contributed by atoms with Crippen LogP contribution in [-0.2, 0) is 4.79 Å². The topological polar surface area (TPSA) is 57.3 Å². The molecule has 0 saturated carbocycles. The smallest absolute Gasteiger partial charge is 0.244 e. The van der Waals surface area contributed by atoms with E-state index in [9.17, 15) is 4.79 Å². The maximum absolute atomic E-state index is 11.8. The van der Waals surface area contributed by atoms with Crippen molar-refractivity contribution in [3.63, 3.8) is 0 Å². The molecule has 1 aliphatic rings. The van der Waals surface area contributed by atoms with Gasteiger partial charge >= 0.3 is 0 Å². The van der Waals surface area contributed by atoms with Gasteiger partial charge in [0.1, 0.15) is 18.2 Å². The van der Waals surface area contributed by atoms with E-state index < -0.39 is 0 Å². The lowest BCUT2D eigenvalue weighted by molar-refractivity contribution is -0.115. The van der Waals surface area contributed by atoms with Crippen molar-refractivity contribution in [1.29, 1.82) is 0 Å². The zero-order valence-electron chi connectivity index (χ0n) is 10.6. The predicted octanol–water partition coefficient (Wildman–Crippen LogP) is 2.21. The summed E-state index contributed by atoms with van der Waals surface area (Å²) in [6.07, 6.45) is 0. The molecule has 0 saturated heterocycles. The van der Waals surface area contributed by atoms with Gasteiger partial charge in [0.25, 0.3) is 0 Å². The zero-order valence-corrected chi connectivity index (χ0v) is 10.6. The normalized spacial score (nSPS) is 13.7. The number of aromatic nitrogens is 1. The van der Waals surface area contributed by atoms with E-state index in [0.29, 0.717) is 0 Å². The number of hydrogen-bond donors (Lipinski definition) is 2. The number of nitrogens with one attached hydrogen (secondary N) is 2. The van der Waals surface area contributed by atoms with Crippen LogP contribution in [0.3, 0.4) is 0 Å². The summed E-state index contributed by atoms with van der Waals surface area (Å²) in [5, 5.41) is 5.87. The van der Waals surface area contributed by atoms with Crippen LogP contribution in [0.1, 0.15) is 0 Å². The third-order valence-electron chi connectivity index (χ3n) is 3.04. The fourth-order valence-electron chi connectivity index (χ4n) is 2.15. The van der Waals surface area contributed by atoms with Crippen molar-refractivity contribution in [2.45, 2.75) is 0 Å². The van der Waals surface area contributed by atoms with Crippen molar-refractivity contribution >= 4 is 28.9 Å². The van der Waals surface area contributed by atoms with Gasteiger partial charge in [-0.1, -0.05) is 18.2 Å². The van der Waals surface area contributed by atoms with Crippen LogP contribution in [0.5, 0.6) is 0 Å². The molecule has 5 nitrogen and oxygen atoms in total. The summed E-state index contributed by atoms with van der Waals surface area (Å²) < 4.78 is 0. The van der Waals surface area contributed by atoms with Gasteiger partial charge in [-0.05, 0) is 24.3 Å². The molecule has 5 heteroatoms. The highest BCUT2D eigenvalue weighted by molar-refractivity contribution is 6.02. The largest absolute Gasteiger partial charge is 0.373 e. The van der Waals surface area contributed by atoms with E-state index in [2.05, 4.69) is 15.6 Å². The number of carbonyl (C=O) groups excluding carboxylic acids is 1. The van der Waals surface area contributed by atoms with Gasteiger partial charge in [-0.25, -0.2) is 4.98 Å². The lowest BCUT2D eigenvalue weighted by atomic mass is 10.2. The molecule has 0 fully saturated rings. The number of pyridine rings is 1. The summed E-state index contributed by atoms with van der Waals surface area (Å²) >= 11 is 0. The van der Waals surface area contributed by atoms with Crippen LogP contribution in [0.25, 0.3) is 0 Å². The molecule has 1 aromatic heterocycles. The van der Waals surface area contributed by atoms with Crippen molar-refractivity contribution in [3.05, 3.63) is 42.5 Å². The number of amides is 1. The van der Waals surface area contributed by atoms with Crippen LogP contribution in [0, 0.1) is 0 Å². The first-order valence-electron chi connectivity index (χ1n) is 6.09. The highest BCUT2D eigenvalue weighted by Crippen LogP contribution is 2.33. The van der Waals surface area contributed by atoms with Crippen LogP contribution in [0.15, 0.2) is 42.5 Å². The second kappa shape index (κ2) is 4.61. The van der Waals surface area contributed by atoms with E-state index in [4.69, 9.17) is 0 Å². The molecule has 96 valence electrons. The standard InChI is InChI=1S/C14H14N4O/c1-15-12-7-4-8-13(17-12)18-9-14(19)16-10-5-2-3-6-11(10)18/h2-8H,9H2,1H3,(H,15,17)(H,16,19). The SMILES string of the molecule is CNc1cccc(N2CC(=O)Nc3ccccc32)n1. The van der Waals surface area contributed by atoms with E-state index in [1.54, 1.807) is 0 Å². The molecule has 3 rings (SSSR count). The molecule has 1 amide bonds. The second-order valence-electron chi connectivity index (χ2n) is 4.28. The van der Waals surface area contributed by atoms with Crippen molar-refractivity contribution in [2.75, 3.05) is 29.1 Å². The number of anilines is 4. The summed E-state index contributed by atoms with van der Waals surface area (Å²) in [6, 6.07) is 13.4. The van der Waals surface area contributed by atoms with Gasteiger partial charge in [-0.2, -0.15) is 0 Å². The van der Waals surface area contributed by atoms with Crippen LogP contribution in [0.2, 0.25) is 0 Å². The Morgan fingerprint density at radius 1 is 1.21 bits per heavy atom. The average Bonchev–Trinajstić information content (AvgIpc) is 2.46. The Kier molecular flexibility index (Phi) is 2.79. The van der Waals surface area contributed by atoms with Gasteiger partial charge in [0.15, 0.2) is 0 Å². The summed E-state index contributed by atoms with van der Waals surface area (Å²) in [6.45, 7) is 0.275. The van der Waals surface area contributed by atoms with Gasteiger partial charge in [-0.15, -0.1) is 0 Å². The Morgan fingerprint density at radius 2 is 2.05 bits per heavy atom. The average molecular weight is 254 g/mol. The Morgan fingerprint density at radius 3 is 2.89 bits per heavy atom. The van der Waals surface area contributed by atoms with Crippen LogP contribution in [0.4, 0.5) is 23.0 Å². The molecule has 0 spiro atoms. The molecule has 2 heterocycles. The number of para-hydroxylation sites is 2. The fraction of sp³-hybridized carbons (Fsp3) is 0.143. The van der Waals surface area contributed by atoms with Crippen LogP contribution < -0.4 is 15.5 Å². The summed E-state index contributed by atoms with van der Waals surface area (Å²) in [4.78, 5) is 18.2. The summed E-state index contributed by atoms with van der Waals surface area (Å²) in [5.74, 6) is 1.51. The molecule has 0 radical (unpaired) electrons. The molecule has 1 aliphatic heterocycles. The first kappa shape index (κ1) is 11.5. The first-order valence-corrected chi connectivity index (χ1v) is 6.09. The minimum absolute atomic E-state index is 0.0321. The number of fused-ring (bicyclic) bond motifs is 1. The maximum atomic E-state index is 11.8. The molecule has 0 atom stereocenters. The van der Waals surface area contributed by atoms with Crippen LogP contribution >= 0.6 is 0 Å². The monoisotopic (exact) mass is 254 g/mol. The molecule has 19 heavy (non-hydrogen) atoms. The number of carbonyl (C=O) groups is 1. The third kappa shape index (κ3) is 2.10. The molecule has 2 N–H and O–H groups in total. The Balaban J connectivity index is 2.07. The number of nitrogens with zero attached hydrogens (tertiary/aromatic N) is 2. The lowest BCUT2D eigenvalue weighted by Gasteiger charge is -2.30. The van der Waals surface area contributed by atoms with Gasteiger partial charge in [-0.3, -0.25) is 4.79 Å². The highest BCUT2D eigenvalue weighted by Gasteiger charge is 2.23. The van der Waals surface area contributed by atoms with E-state index >= 15 is 0 Å². The van der Waals surface area contributed by atoms with Crippen molar-refractivity contribution in [1.82, 2.24) is 4.98 Å². The molecule has 1 aromatic carbocycles. The number of rotatable bonds is 2. The van der Waals surface area contributed by atoms with E-state index in [0.717, 1.165) is 23.0 Å². The van der Waals surface area contributed by atoms with Gasteiger partial charge in [0.05, 0.1) is 11.4 Å². The maximum Gasteiger partial charge on any atom is 0.244 e. The van der Waals surface area contributed by atoms with Crippen molar-refractivity contribution in [3.8, 4) is 0 Å². The quantitative estimate of drug-likeness (QED) is 0.862. The lowest BCUT2D eigenvalue weighted by Crippen LogP contribution is -2.35. The molecule has 0 aliphatic carbocycles. The summed E-state index contributed by atoms with van der Waals surface area (Å²) in [7, 11) is 1.82. The minimum atomic E-state index is -0.0321. The molecular weight excluding hydrogens is 240 g/mol. The molecule has 2 aromatic rings. The van der Waals surface area contributed by atoms with Gasteiger partial charge in [0.2, 0.25) is 5.91 Å². The van der Waals surface area contributed by atoms with Gasteiger partial charge < -0.3 is 15.5 Å². The van der Waals surface area contributed by atoms with E-state index in [1.165, 1.54) is 0 Å². The Labute approximate surface area is 111 Å². The molecule has 0 bridgehead atoms. The van der Waals surface area contributed by atoms with Crippen molar-refractivity contribution in [2.24, 2.45) is 0 Å². The van der Waals surface area contributed by atoms with Crippen LogP contribution in [-0.4, -0.2) is 24.5 Å². The zero-order chi connectivity index (χ0) is 13.2. The Hall–Kier alpha value is -2.56. The molecular formula is C14H14N4O. The first-order chi connectivity index (χ1) is 9.28. The highest BCUT2D eigenvalue weighted by atomic mass is 16.2. The van der Waals surface area contributed by atoms with Gasteiger partial charge in [0, 0.05) is 7.05 Å². The number of hydrogen-bond acceptors (Lipinski definition) is 4. The number of benzene rings is 1. The third-order valence-corrected chi connectivity index (χ3v) is 3.04. The Bertz CT molecular complexity index is 626. The van der Waals surface area contributed by atoms with E-state index in [1.807, 2.05) is 54.4 Å². The minimum Gasteiger partial charge on any atom is -0.373 e. The second-order valence-corrected chi connectivity index (χ2v) is 4.28. The summed E-state index contributed by atoms with van der Waals surface area (Å²) in [5.41, 5.74) is 1.78. The fourth-order valence-corrected chi connectivity index (χ4v) is 2.15. The van der Waals surface area contributed by atoms with E-state index in [-0.39, 0.29) is 12.5 Å². The predicted molar refractivity (Wildman–Crippen MR) is 75.9 cm³/mol.